The van der Waals surface area contributed by atoms with Crippen LogP contribution >= 0.6 is 11.6 Å². The first-order valence-electron chi connectivity index (χ1n) is 15.9. The van der Waals surface area contributed by atoms with Crippen molar-refractivity contribution in [2.24, 2.45) is 23.7 Å². The van der Waals surface area contributed by atoms with Gasteiger partial charge in [0, 0.05) is 28.6 Å². The molecule has 3 fully saturated rings. The Bertz CT molecular complexity index is 2130. The average molecular weight is 674 g/mol. The monoisotopic (exact) mass is 673 g/mol. The number of nitro groups is 1. The molecule has 0 aromatic heterocycles. The van der Waals surface area contributed by atoms with Gasteiger partial charge in [-0.15, -0.1) is 0 Å². The van der Waals surface area contributed by atoms with E-state index in [1.54, 1.807) is 54.6 Å². The van der Waals surface area contributed by atoms with Gasteiger partial charge >= 0.3 is 0 Å². The number of phenols is 1. The predicted molar refractivity (Wildman–Crippen MR) is 180 cm³/mol. The summed E-state index contributed by atoms with van der Waals surface area (Å²) in [4.78, 5) is 71.4. The van der Waals surface area contributed by atoms with E-state index in [0.29, 0.717) is 27.4 Å². The molecule has 4 amide bonds. The zero-order chi connectivity index (χ0) is 34.2. The maximum absolute atomic E-state index is 15.2. The third-order valence-corrected chi connectivity index (χ3v) is 10.9. The second-order valence-electron chi connectivity index (χ2n) is 12.9. The third-order valence-electron chi connectivity index (χ3n) is 10.7. The molecule has 1 saturated carbocycles. The van der Waals surface area contributed by atoms with Crippen molar-refractivity contribution < 1.29 is 29.2 Å². The summed E-state index contributed by atoms with van der Waals surface area (Å²) in [6.45, 7) is 0. The van der Waals surface area contributed by atoms with E-state index in [2.05, 4.69) is 0 Å². The van der Waals surface area contributed by atoms with Crippen LogP contribution in [0.1, 0.15) is 29.9 Å². The second-order valence-corrected chi connectivity index (χ2v) is 13.4. The van der Waals surface area contributed by atoms with Crippen molar-refractivity contribution in [3.05, 3.63) is 141 Å². The molecule has 8 rings (SSSR count). The lowest BCUT2D eigenvalue weighted by Gasteiger charge is -2.50. The number of nitro benzene ring substituents is 1. The van der Waals surface area contributed by atoms with Crippen LogP contribution in [0.5, 0.6) is 5.75 Å². The van der Waals surface area contributed by atoms with E-state index in [-0.39, 0.29) is 30.0 Å². The van der Waals surface area contributed by atoms with E-state index in [9.17, 15) is 29.6 Å². The number of allylic oxidation sites excluding steroid dienone is 2. The largest absolute Gasteiger partial charge is 0.508 e. The van der Waals surface area contributed by atoms with E-state index in [1.165, 1.54) is 35.2 Å². The highest BCUT2D eigenvalue weighted by atomic mass is 35.5. The number of carbonyl (C=O) groups is 4. The van der Waals surface area contributed by atoms with Crippen LogP contribution in [0.25, 0.3) is 0 Å². The normalized spacial score (nSPS) is 27.4. The van der Waals surface area contributed by atoms with E-state index in [1.807, 2.05) is 24.3 Å². The van der Waals surface area contributed by atoms with Gasteiger partial charge in [0.25, 0.3) is 5.69 Å². The molecular weight excluding hydrogens is 646 g/mol. The summed E-state index contributed by atoms with van der Waals surface area (Å²) in [7, 11) is 0. The summed E-state index contributed by atoms with van der Waals surface area (Å²) in [5.41, 5.74) is 0.344. The molecule has 0 radical (unpaired) electrons. The lowest BCUT2D eigenvalue weighted by molar-refractivity contribution is -0.384. The summed E-state index contributed by atoms with van der Waals surface area (Å²) in [6, 6.07) is 27.7. The molecule has 4 aliphatic rings. The number of para-hydroxylation sites is 1. The maximum atomic E-state index is 15.2. The first-order chi connectivity index (χ1) is 23.6. The molecule has 6 atom stereocenters. The highest BCUT2D eigenvalue weighted by Gasteiger charge is 2.70. The van der Waals surface area contributed by atoms with E-state index in [4.69, 9.17) is 11.6 Å². The molecule has 2 aliphatic heterocycles. The van der Waals surface area contributed by atoms with Crippen molar-refractivity contribution in [3.8, 4) is 5.75 Å². The Labute approximate surface area is 285 Å². The molecule has 10 nitrogen and oxygen atoms in total. The smallest absolute Gasteiger partial charge is 0.271 e. The van der Waals surface area contributed by atoms with Crippen LogP contribution in [0.3, 0.4) is 0 Å². The number of benzene rings is 4. The molecular formula is C38H28ClN3O7. The molecule has 0 spiro atoms. The van der Waals surface area contributed by atoms with E-state index in [0.717, 1.165) is 4.90 Å². The third kappa shape index (κ3) is 4.33. The molecule has 1 N–H and O–H groups in total. The minimum absolute atomic E-state index is 0.0706. The van der Waals surface area contributed by atoms with Gasteiger partial charge in [0.2, 0.25) is 23.6 Å². The standard InChI is InChI=1S/C38H28ClN3O7/c39-22-10-6-11-23(18-22)41-35(45)30-20-29-26(16-17-28-32(29)36(46)40(34(28)44)24-12-7-13-25(19-24)42(48)49)33(27-14-4-5-15-31(27)43)38(30,37(41)47)21-8-2-1-3-9-21/h1-16,18-19,28-30,32-33,43H,17,20H2. The number of hydrogen-bond acceptors (Lipinski definition) is 7. The number of aromatic hydroxyl groups is 1. The van der Waals surface area contributed by atoms with Crippen LogP contribution in [0, 0.1) is 33.8 Å². The van der Waals surface area contributed by atoms with Crippen molar-refractivity contribution in [2.45, 2.75) is 24.2 Å². The number of phenolic OH excluding ortho intramolecular Hbond substituents is 1. The van der Waals surface area contributed by atoms with Crippen LogP contribution in [0.4, 0.5) is 17.1 Å². The molecule has 11 heteroatoms. The van der Waals surface area contributed by atoms with Gasteiger partial charge in [0.05, 0.1) is 39.5 Å². The van der Waals surface area contributed by atoms with Gasteiger partial charge in [0.15, 0.2) is 0 Å². The van der Waals surface area contributed by atoms with Crippen LogP contribution in [-0.2, 0) is 24.6 Å². The van der Waals surface area contributed by atoms with E-state index >= 15 is 4.79 Å². The van der Waals surface area contributed by atoms with Gasteiger partial charge in [-0.1, -0.05) is 83.9 Å². The summed E-state index contributed by atoms with van der Waals surface area (Å²) < 4.78 is 0. The van der Waals surface area contributed by atoms with Gasteiger partial charge in [-0.2, -0.15) is 0 Å². The van der Waals surface area contributed by atoms with Crippen molar-refractivity contribution >= 4 is 52.3 Å². The number of non-ortho nitro benzene ring substituents is 1. The Hall–Kier alpha value is -5.61. The van der Waals surface area contributed by atoms with Crippen molar-refractivity contribution in [1.82, 2.24) is 0 Å². The van der Waals surface area contributed by atoms with Crippen molar-refractivity contribution in [2.75, 3.05) is 9.80 Å². The van der Waals surface area contributed by atoms with Gasteiger partial charge in [-0.05, 0) is 54.7 Å². The lowest BCUT2D eigenvalue weighted by atomic mass is 9.49. The van der Waals surface area contributed by atoms with Crippen molar-refractivity contribution in [1.29, 1.82) is 0 Å². The fraction of sp³-hybridized carbons (Fsp3) is 0.211. The van der Waals surface area contributed by atoms with Crippen LogP contribution in [0.2, 0.25) is 5.02 Å². The zero-order valence-electron chi connectivity index (χ0n) is 25.8. The number of anilines is 2. The quantitative estimate of drug-likeness (QED) is 0.113. The molecule has 2 heterocycles. The highest BCUT2D eigenvalue weighted by molar-refractivity contribution is 6.32. The number of fused-ring (bicyclic) bond motifs is 4. The first-order valence-corrected chi connectivity index (χ1v) is 16.3. The zero-order valence-corrected chi connectivity index (χ0v) is 26.6. The predicted octanol–water partition coefficient (Wildman–Crippen LogP) is 6.32. The highest BCUT2D eigenvalue weighted by Crippen LogP contribution is 2.65. The minimum Gasteiger partial charge on any atom is -0.508 e. The second kappa shape index (κ2) is 11.2. The van der Waals surface area contributed by atoms with Gasteiger partial charge in [0.1, 0.15) is 5.75 Å². The van der Waals surface area contributed by atoms with Gasteiger partial charge in [-0.25, -0.2) is 9.80 Å². The van der Waals surface area contributed by atoms with Crippen LogP contribution < -0.4 is 9.80 Å². The Morgan fingerprint density at radius 1 is 0.776 bits per heavy atom. The SMILES string of the molecule is O=C1C2CC=C3C(CC4C(=O)N(c5cccc(Cl)c5)C(=O)C4(c4ccccc4)C3c3ccccc3O)C2C(=O)N1c1cccc([N+](=O)[O-])c1. The number of carbonyl (C=O) groups excluding carboxylic acids is 4. The molecule has 4 aromatic carbocycles. The maximum Gasteiger partial charge on any atom is 0.271 e. The number of amides is 4. The van der Waals surface area contributed by atoms with Crippen molar-refractivity contribution in [3.63, 3.8) is 0 Å². The van der Waals surface area contributed by atoms with Crippen LogP contribution in [-0.4, -0.2) is 33.7 Å². The Morgan fingerprint density at radius 3 is 2.18 bits per heavy atom. The molecule has 244 valence electrons. The molecule has 2 saturated heterocycles. The summed E-state index contributed by atoms with van der Waals surface area (Å²) in [5, 5.41) is 23.3. The minimum atomic E-state index is -1.51. The number of hydrogen-bond donors (Lipinski definition) is 1. The Kier molecular flexibility index (Phi) is 7.04. The molecule has 6 unspecified atom stereocenters. The van der Waals surface area contributed by atoms with Gasteiger partial charge < -0.3 is 5.11 Å². The average Bonchev–Trinajstić information content (AvgIpc) is 3.49. The molecule has 2 aliphatic carbocycles. The van der Waals surface area contributed by atoms with E-state index < -0.39 is 63.6 Å². The molecule has 0 bridgehead atoms. The Balaban J connectivity index is 1.34. The Morgan fingerprint density at radius 2 is 1.47 bits per heavy atom. The fourth-order valence-electron chi connectivity index (χ4n) is 8.82. The number of rotatable bonds is 5. The summed E-state index contributed by atoms with van der Waals surface area (Å²) in [5.74, 6) is -6.18. The topological polar surface area (TPSA) is 138 Å². The molecule has 49 heavy (non-hydrogen) atoms. The molecule has 4 aromatic rings. The number of halogens is 1. The number of imide groups is 2. The van der Waals surface area contributed by atoms with Gasteiger partial charge in [-0.3, -0.25) is 29.3 Å². The summed E-state index contributed by atoms with van der Waals surface area (Å²) in [6.07, 6.45) is 2.15. The summed E-state index contributed by atoms with van der Waals surface area (Å²) >= 11 is 6.35. The number of nitrogens with zero attached hydrogens (tertiary/aromatic N) is 3. The lowest BCUT2D eigenvalue weighted by Crippen LogP contribution is -2.53. The van der Waals surface area contributed by atoms with Crippen LogP contribution in [0.15, 0.2) is 115 Å². The fourth-order valence-corrected chi connectivity index (χ4v) is 9.00. The first kappa shape index (κ1) is 30.7.